The average molecular weight is 411 g/mol. The largest absolute Gasteiger partial charge is 0.383 e. The van der Waals surface area contributed by atoms with Gasteiger partial charge in [-0.3, -0.25) is 14.4 Å². The monoisotopic (exact) mass is 410 g/mol. The number of benzene rings is 1. The van der Waals surface area contributed by atoms with Crippen LogP contribution in [-0.2, 0) is 11.3 Å². The van der Waals surface area contributed by atoms with Crippen molar-refractivity contribution in [1.82, 2.24) is 19.6 Å². The molecule has 1 saturated heterocycles. The number of carbonyl (C=O) groups is 1. The van der Waals surface area contributed by atoms with Gasteiger partial charge in [0.15, 0.2) is 0 Å². The molecule has 0 unspecified atom stereocenters. The third-order valence-corrected chi connectivity index (χ3v) is 6.08. The molecule has 3 aromatic rings. The summed E-state index contributed by atoms with van der Waals surface area (Å²) in [7, 11) is 1.72. The highest BCUT2D eigenvalue weighted by Crippen LogP contribution is 2.28. The average Bonchev–Trinajstić information content (AvgIpc) is 3.43. The van der Waals surface area contributed by atoms with Gasteiger partial charge < -0.3 is 9.64 Å². The molecule has 1 aromatic carbocycles. The third-order valence-electron chi connectivity index (χ3n) is 5.21. The molecule has 4 rings (SSSR count). The predicted molar refractivity (Wildman–Crippen MR) is 115 cm³/mol. The predicted octanol–water partition coefficient (Wildman–Crippen LogP) is 3.06. The summed E-state index contributed by atoms with van der Waals surface area (Å²) in [6.07, 6.45) is 1.90. The first-order valence-corrected chi connectivity index (χ1v) is 10.8. The molecule has 1 fully saturated rings. The van der Waals surface area contributed by atoms with Crippen LogP contribution >= 0.6 is 11.3 Å². The summed E-state index contributed by atoms with van der Waals surface area (Å²) in [5.74, 6) is 0.0686. The highest BCUT2D eigenvalue weighted by molar-refractivity contribution is 7.13. The fraction of sp³-hybridized carbons (Fsp3) is 0.364. The van der Waals surface area contributed by atoms with Crippen LogP contribution < -0.4 is 0 Å². The minimum atomic E-state index is 0.0686. The molecule has 29 heavy (non-hydrogen) atoms. The molecule has 0 atom stereocenters. The molecule has 1 amide bonds. The Morgan fingerprint density at radius 3 is 2.59 bits per heavy atom. The van der Waals surface area contributed by atoms with Gasteiger partial charge in [0.05, 0.1) is 23.6 Å². The van der Waals surface area contributed by atoms with Crippen LogP contribution in [0.15, 0.2) is 54.0 Å². The summed E-state index contributed by atoms with van der Waals surface area (Å²) in [5, 5.41) is 6.79. The number of amides is 1. The lowest BCUT2D eigenvalue weighted by molar-refractivity contribution is 0.0595. The van der Waals surface area contributed by atoms with Gasteiger partial charge in [-0.05, 0) is 17.0 Å². The maximum absolute atomic E-state index is 13.3. The van der Waals surface area contributed by atoms with Gasteiger partial charge >= 0.3 is 0 Å². The summed E-state index contributed by atoms with van der Waals surface area (Å²) >= 11 is 1.61. The number of thiophene rings is 1. The van der Waals surface area contributed by atoms with Gasteiger partial charge in [-0.1, -0.05) is 36.4 Å². The molecule has 0 saturated carbocycles. The van der Waals surface area contributed by atoms with Gasteiger partial charge in [-0.2, -0.15) is 5.10 Å². The minimum absolute atomic E-state index is 0.0686. The van der Waals surface area contributed by atoms with E-state index in [4.69, 9.17) is 9.84 Å². The number of nitrogens with zero attached hydrogens (tertiary/aromatic N) is 4. The van der Waals surface area contributed by atoms with Crippen molar-refractivity contribution in [3.05, 3.63) is 65.2 Å². The quantitative estimate of drug-likeness (QED) is 0.601. The van der Waals surface area contributed by atoms with Crippen molar-refractivity contribution in [3.8, 4) is 10.6 Å². The van der Waals surface area contributed by atoms with E-state index in [-0.39, 0.29) is 5.91 Å². The molecule has 0 spiro atoms. The van der Waals surface area contributed by atoms with E-state index < -0.39 is 0 Å². The second-order valence-corrected chi connectivity index (χ2v) is 8.13. The molecule has 7 heteroatoms. The second-order valence-electron chi connectivity index (χ2n) is 7.18. The Labute approximate surface area is 175 Å². The molecule has 1 aliphatic heterocycles. The fourth-order valence-electron chi connectivity index (χ4n) is 3.59. The van der Waals surface area contributed by atoms with E-state index in [0.717, 1.165) is 49.9 Å². The zero-order valence-electron chi connectivity index (χ0n) is 16.7. The molecular formula is C22H26N4O2S. The normalized spacial score (nSPS) is 15.0. The Morgan fingerprint density at radius 1 is 1.10 bits per heavy atom. The molecule has 1 aliphatic rings. The summed E-state index contributed by atoms with van der Waals surface area (Å²) in [6, 6.07) is 14.2. The standard InChI is InChI=1S/C22H26N4O2S/c1-28-14-13-24-9-11-25(12-10-24)22(27)19-17-26(16-18-6-3-2-4-7-18)23-21(19)20-8-5-15-29-20/h2-8,15,17H,9-14,16H2,1H3. The minimum Gasteiger partial charge on any atom is -0.383 e. The van der Waals surface area contributed by atoms with Crippen molar-refractivity contribution in [2.45, 2.75) is 6.54 Å². The lowest BCUT2D eigenvalue weighted by Gasteiger charge is -2.34. The molecule has 0 bridgehead atoms. The zero-order chi connectivity index (χ0) is 20.1. The number of rotatable bonds is 7. The van der Waals surface area contributed by atoms with Crippen molar-refractivity contribution in [2.24, 2.45) is 0 Å². The first kappa shape index (κ1) is 19.8. The van der Waals surface area contributed by atoms with Crippen molar-refractivity contribution >= 4 is 17.2 Å². The number of piperazine rings is 1. The van der Waals surface area contributed by atoms with Gasteiger partial charge in [0, 0.05) is 46.0 Å². The van der Waals surface area contributed by atoms with Crippen molar-refractivity contribution in [1.29, 1.82) is 0 Å². The maximum Gasteiger partial charge on any atom is 0.257 e. The molecule has 0 aliphatic carbocycles. The number of hydrogen-bond acceptors (Lipinski definition) is 5. The Kier molecular flexibility index (Phi) is 6.39. The highest BCUT2D eigenvalue weighted by Gasteiger charge is 2.26. The number of carbonyl (C=O) groups excluding carboxylic acids is 1. The van der Waals surface area contributed by atoms with Crippen LogP contribution in [0.4, 0.5) is 0 Å². The molecule has 0 radical (unpaired) electrons. The smallest absolute Gasteiger partial charge is 0.257 e. The molecular weight excluding hydrogens is 384 g/mol. The highest BCUT2D eigenvalue weighted by atomic mass is 32.1. The Hall–Kier alpha value is -2.48. The van der Waals surface area contributed by atoms with Crippen LogP contribution in [0.2, 0.25) is 0 Å². The van der Waals surface area contributed by atoms with Gasteiger partial charge in [0.25, 0.3) is 5.91 Å². The van der Waals surface area contributed by atoms with Crippen molar-refractivity contribution < 1.29 is 9.53 Å². The molecule has 6 nitrogen and oxygen atoms in total. The summed E-state index contributed by atoms with van der Waals surface area (Å²) in [6.45, 7) is 5.50. The third kappa shape index (κ3) is 4.75. The Bertz CT molecular complexity index is 916. The van der Waals surface area contributed by atoms with Crippen LogP contribution in [0.25, 0.3) is 10.6 Å². The lowest BCUT2D eigenvalue weighted by atomic mass is 10.1. The van der Waals surface area contributed by atoms with Crippen LogP contribution in [0.3, 0.4) is 0 Å². The van der Waals surface area contributed by atoms with Gasteiger partial charge in [-0.25, -0.2) is 0 Å². The van der Waals surface area contributed by atoms with E-state index in [2.05, 4.69) is 17.0 Å². The number of hydrogen-bond donors (Lipinski definition) is 0. The molecule has 2 aromatic heterocycles. The first-order valence-electron chi connectivity index (χ1n) is 9.90. The van der Waals surface area contributed by atoms with E-state index in [1.807, 2.05) is 51.5 Å². The lowest BCUT2D eigenvalue weighted by Crippen LogP contribution is -2.49. The summed E-state index contributed by atoms with van der Waals surface area (Å²) < 4.78 is 7.05. The molecule has 0 N–H and O–H groups in total. The van der Waals surface area contributed by atoms with Crippen LogP contribution in [0.1, 0.15) is 15.9 Å². The molecule has 152 valence electrons. The van der Waals surface area contributed by atoms with Gasteiger partial charge in [-0.15, -0.1) is 11.3 Å². The number of aromatic nitrogens is 2. The Morgan fingerprint density at radius 2 is 1.90 bits per heavy atom. The number of ether oxygens (including phenoxy) is 1. The fourth-order valence-corrected chi connectivity index (χ4v) is 4.31. The van der Waals surface area contributed by atoms with Crippen LogP contribution in [-0.4, -0.2) is 71.9 Å². The topological polar surface area (TPSA) is 50.6 Å². The number of methoxy groups -OCH3 is 1. The zero-order valence-corrected chi connectivity index (χ0v) is 17.5. The molecule has 3 heterocycles. The van der Waals surface area contributed by atoms with Crippen LogP contribution in [0.5, 0.6) is 0 Å². The summed E-state index contributed by atoms with van der Waals surface area (Å²) in [5.41, 5.74) is 2.63. The van der Waals surface area contributed by atoms with Gasteiger partial charge in [0.1, 0.15) is 5.69 Å². The van der Waals surface area contributed by atoms with E-state index in [0.29, 0.717) is 12.1 Å². The second kappa shape index (κ2) is 9.35. The first-order chi connectivity index (χ1) is 14.2. The van der Waals surface area contributed by atoms with E-state index in [1.165, 1.54) is 5.56 Å². The SMILES string of the molecule is COCCN1CCN(C(=O)c2cn(Cc3ccccc3)nc2-c2cccs2)CC1. The van der Waals surface area contributed by atoms with E-state index >= 15 is 0 Å². The maximum atomic E-state index is 13.3. The van der Waals surface area contributed by atoms with E-state index in [9.17, 15) is 4.79 Å². The van der Waals surface area contributed by atoms with Crippen molar-refractivity contribution in [3.63, 3.8) is 0 Å². The van der Waals surface area contributed by atoms with Crippen molar-refractivity contribution in [2.75, 3.05) is 46.4 Å². The van der Waals surface area contributed by atoms with Crippen LogP contribution in [0, 0.1) is 0 Å². The Balaban J connectivity index is 1.53. The van der Waals surface area contributed by atoms with Gasteiger partial charge in [0.2, 0.25) is 0 Å². The van der Waals surface area contributed by atoms with E-state index in [1.54, 1.807) is 18.4 Å². The summed E-state index contributed by atoms with van der Waals surface area (Å²) in [4.78, 5) is 18.7.